The topological polar surface area (TPSA) is 56.6 Å². The van der Waals surface area contributed by atoms with E-state index < -0.39 is 0 Å². The third-order valence-electron chi connectivity index (χ3n) is 4.77. The molecule has 0 fully saturated rings. The molecule has 4 rings (SSSR count). The molecule has 0 bridgehead atoms. The molecule has 140 valence electrons. The average molecular weight is 383 g/mol. The normalized spacial score (nSPS) is 16.1. The van der Waals surface area contributed by atoms with E-state index in [9.17, 15) is 4.79 Å². The summed E-state index contributed by atoms with van der Waals surface area (Å²) in [5, 5.41) is 6.22. The Kier molecular flexibility index (Phi) is 4.85. The monoisotopic (exact) mass is 383 g/mol. The highest BCUT2D eigenvalue weighted by Crippen LogP contribution is 2.34. The Bertz CT molecular complexity index is 932. The molecule has 0 aliphatic carbocycles. The van der Waals surface area contributed by atoms with Gasteiger partial charge in [-0.15, -0.1) is 11.3 Å². The van der Waals surface area contributed by atoms with Crippen LogP contribution in [-0.4, -0.2) is 40.8 Å². The summed E-state index contributed by atoms with van der Waals surface area (Å²) in [4.78, 5) is 16.3. The van der Waals surface area contributed by atoms with E-state index in [0.29, 0.717) is 18.7 Å². The molecule has 0 spiro atoms. The molecule has 0 N–H and O–H groups in total. The van der Waals surface area contributed by atoms with Crippen LogP contribution in [0.3, 0.4) is 0 Å². The summed E-state index contributed by atoms with van der Waals surface area (Å²) in [6.07, 6.45) is 4.25. The van der Waals surface area contributed by atoms with Crippen LogP contribution in [0.5, 0.6) is 11.5 Å². The van der Waals surface area contributed by atoms with Crippen LogP contribution in [0.15, 0.2) is 48.1 Å². The fraction of sp³-hybridized carbons (Fsp3) is 0.300. The van der Waals surface area contributed by atoms with E-state index in [1.54, 1.807) is 35.5 Å². The number of carbonyl (C=O) groups excluding carboxylic acids is 1. The Morgan fingerprint density at radius 3 is 2.74 bits per heavy atom. The van der Waals surface area contributed by atoms with Crippen LogP contribution in [-0.2, 0) is 13.5 Å². The predicted octanol–water partition coefficient (Wildman–Crippen LogP) is 3.31. The van der Waals surface area contributed by atoms with E-state index in [1.165, 1.54) is 10.4 Å². The second kappa shape index (κ2) is 7.44. The minimum atomic E-state index is -0.116. The first-order valence-electron chi connectivity index (χ1n) is 8.78. The minimum Gasteiger partial charge on any atom is -0.497 e. The number of hydrogen-bond donors (Lipinski definition) is 0. The predicted molar refractivity (Wildman–Crippen MR) is 103 cm³/mol. The van der Waals surface area contributed by atoms with Crippen molar-refractivity contribution in [3.8, 4) is 11.5 Å². The van der Waals surface area contributed by atoms with Crippen LogP contribution in [0.1, 0.15) is 26.8 Å². The van der Waals surface area contributed by atoms with Gasteiger partial charge in [0.2, 0.25) is 0 Å². The number of nitrogens with zero attached hydrogens (tertiary/aromatic N) is 3. The number of amides is 1. The van der Waals surface area contributed by atoms with Crippen molar-refractivity contribution in [2.75, 3.05) is 20.3 Å². The zero-order chi connectivity index (χ0) is 18.8. The summed E-state index contributed by atoms with van der Waals surface area (Å²) in [6.45, 7) is 1.08. The van der Waals surface area contributed by atoms with Gasteiger partial charge in [0, 0.05) is 24.7 Å². The fourth-order valence-corrected chi connectivity index (χ4v) is 4.29. The maximum atomic E-state index is 13.1. The molecule has 1 atom stereocenters. The highest BCUT2D eigenvalue weighted by Gasteiger charge is 2.33. The van der Waals surface area contributed by atoms with E-state index in [-0.39, 0.29) is 11.9 Å². The summed E-state index contributed by atoms with van der Waals surface area (Å²) in [5.74, 6) is 1.53. The first kappa shape index (κ1) is 17.6. The van der Waals surface area contributed by atoms with Crippen molar-refractivity contribution < 1.29 is 14.3 Å². The smallest absolute Gasteiger partial charge is 0.257 e. The molecule has 6 nitrogen and oxygen atoms in total. The van der Waals surface area contributed by atoms with Gasteiger partial charge >= 0.3 is 0 Å². The summed E-state index contributed by atoms with van der Waals surface area (Å²) in [6, 6.07) is 9.47. The largest absolute Gasteiger partial charge is 0.497 e. The van der Waals surface area contributed by atoms with Crippen molar-refractivity contribution in [3.05, 3.63) is 64.1 Å². The number of thiophene rings is 1. The van der Waals surface area contributed by atoms with Crippen molar-refractivity contribution in [2.45, 2.75) is 12.5 Å². The van der Waals surface area contributed by atoms with Gasteiger partial charge < -0.3 is 14.4 Å². The number of ether oxygens (including phenoxy) is 2. The lowest BCUT2D eigenvalue weighted by Gasteiger charge is -2.35. The molecular weight excluding hydrogens is 362 g/mol. The highest BCUT2D eigenvalue weighted by molar-refractivity contribution is 7.10. The molecule has 1 aliphatic rings. The van der Waals surface area contributed by atoms with Gasteiger partial charge in [-0.3, -0.25) is 9.48 Å². The van der Waals surface area contributed by atoms with Crippen LogP contribution in [0.25, 0.3) is 0 Å². The number of carbonyl (C=O) groups is 1. The maximum Gasteiger partial charge on any atom is 0.257 e. The van der Waals surface area contributed by atoms with Gasteiger partial charge in [0.05, 0.1) is 24.9 Å². The summed E-state index contributed by atoms with van der Waals surface area (Å²) < 4.78 is 12.9. The molecule has 1 unspecified atom stereocenters. The zero-order valence-electron chi connectivity index (χ0n) is 15.3. The minimum absolute atomic E-state index is 0.0109. The molecule has 7 heteroatoms. The molecule has 0 saturated heterocycles. The van der Waals surface area contributed by atoms with E-state index in [0.717, 1.165) is 17.9 Å². The molecule has 27 heavy (non-hydrogen) atoms. The standard InChI is InChI=1S/C20H21N3O3S/c1-22-12-14(11-21-22)20(24)23-9-7-19-17(8-10-27-19)18(23)13-26-16-5-3-15(25-2)4-6-16/h3-6,8,10-12,18H,7,9,13H2,1-2H3. The lowest BCUT2D eigenvalue weighted by atomic mass is 10.00. The SMILES string of the molecule is COc1ccc(OCC2c3ccsc3CCN2C(=O)c2cnn(C)c2)cc1. The second-order valence-electron chi connectivity index (χ2n) is 6.45. The number of benzene rings is 1. The van der Waals surface area contributed by atoms with Crippen LogP contribution in [0, 0.1) is 0 Å². The summed E-state index contributed by atoms with van der Waals surface area (Å²) in [7, 11) is 3.45. The van der Waals surface area contributed by atoms with Crippen LogP contribution in [0.4, 0.5) is 0 Å². The van der Waals surface area contributed by atoms with Gasteiger partial charge in [0.1, 0.15) is 18.1 Å². The van der Waals surface area contributed by atoms with E-state index in [4.69, 9.17) is 9.47 Å². The van der Waals surface area contributed by atoms with Crippen molar-refractivity contribution in [1.29, 1.82) is 0 Å². The lowest BCUT2D eigenvalue weighted by Crippen LogP contribution is -2.42. The van der Waals surface area contributed by atoms with Gasteiger partial charge in [-0.05, 0) is 47.7 Å². The fourth-order valence-electron chi connectivity index (χ4n) is 3.36. The molecule has 0 radical (unpaired) electrons. The van der Waals surface area contributed by atoms with Gasteiger partial charge in [-0.25, -0.2) is 0 Å². The summed E-state index contributed by atoms with van der Waals surface area (Å²) >= 11 is 1.74. The number of aryl methyl sites for hydroxylation is 1. The Morgan fingerprint density at radius 1 is 1.26 bits per heavy atom. The van der Waals surface area contributed by atoms with Crippen LogP contribution >= 0.6 is 11.3 Å². The molecule has 1 aromatic carbocycles. The van der Waals surface area contributed by atoms with Gasteiger partial charge in [-0.1, -0.05) is 0 Å². The van der Waals surface area contributed by atoms with Crippen LogP contribution in [0.2, 0.25) is 0 Å². The Morgan fingerprint density at radius 2 is 2.04 bits per heavy atom. The van der Waals surface area contributed by atoms with Crippen molar-refractivity contribution in [3.63, 3.8) is 0 Å². The number of fused-ring (bicyclic) bond motifs is 1. The Hall–Kier alpha value is -2.80. The third kappa shape index (κ3) is 3.55. The second-order valence-corrected chi connectivity index (χ2v) is 7.45. The third-order valence-corrected chi connectivity index (χ3v) is 5.77. The Labute approximate surface area is 161 Å². The molecule has 1 aliphatic heterocycles. The Balaban J connectivity index is 1.56. The van der Waals surface area contributed by atoms with Crippen molar-refractivity contribution in [1.82, 2.24) is 14.7 Å². The average Bonchev–Trinajstić information content (AvgIpc) is 3.34. The first-order chi connectivity index (χ1) is 13.2. The van der Waals surface area contributed by atoms with Gasteiger partial charge in [-0.2, -0.15) is 5.10 Å². The number of rotatable bonds is 5. The molecule has 2 aromatic heterocycles. The number of aromatic nitrogens is 2. The molecule has 3 heterocycles. The quantitative estimate of drug-likeness (QED) is 0.678. The van der Waals surface area contributed by atoms with Crippen LogP contribution < -0.4 is 9.47 Å². The number of hydrogen-bond acceptors (Lipinski definition) is 5. The van der Waals surface area contributed by atoms with E-state index in [1.807, 2.05) is 36.2 Å². The zero-order valence-corrected chi connectivity index (χ0v) is 16.1. The lowest BCUT2D eigenvalue weighted by molar-refractivity contribution is 0.0592. The van der Waals surface area contributed by atoms with Crippen molar-refractivity contribution >= 4 is 17.2 Å². The number of methoxy groups -OCH3 is 1. The maximum absolute atomic E-state index is 13.1. The van der Waals surface area contributed by atoms with E-state index >= 15 is 0 Å². The highest BCUT2D eigenvalue weighted by atomic mass is 32.1. The molecule has 3 aromatic rings. The van der Waals surface area contributed by atoms with Gasteiger partial charge in [0.15, 0.2) is 0 Å². The van der Waals surface area contributed by atoms with Crippen molar-refractivity contribution in [2.24, 2.45) is 7.05 Å². The van der Waals surface area contributed by atoms with E-state index in [2.05, 4.69) is 16.5 Å². The molecule has 0 saturated carbocycles. The first-order valence-corrected chi connectivity index (χ1v) is 9.66. The molecule has 1 amide bonds. The summed E-state index contributed by atoms with van der Waals surface area (Å²) in [5.41, 5.74) is 1.78. The molecular formula is C20H21N3O3S. The van der Waals surface area contributed by atoms with Gasteiger partial charge in [0.25, 0.3) is 5.91 Å².